The largest absolute Gasteiger partial charge is 0.505 e. The normalized spacial score (nSPS) is 11.6. The zero-order valence-electron chi connectivity index (χ0n) is 10.0. The Morgan fingerprint density at radius 2 is 2.00 bits per heavy atom. The van der Waals surface area contributed by atoms with Crippen molar-refractivity contribution < 1.29 is 15.0 Å². The van der Waals surface area contributed by atoms with Crippen molar-refractivity contribution in [3.05, 3.63) is 23.0 Å². The topological polar surface area (TPSA) is 70.4 Å². The highest BCUT2D eigenvalue weighted by Gasteiger charge is 2.28. The number of aryl methyl sites for hydroxylation is 1. The Morgan fingerprint density at radius 1 is 1.44 bits per heavy atom. The molecule has 0 radical (unpaired) electrons. The van der Waals surface area contributed by atoms with Crippen molar-refractivity contribution in [3.63, 3.8) is 0 Å². The van der Waals surface area contributed by atoms with Crippen LogP contribution < -0.4 is 0 Å². The fraction of sp³-hybridized carbons (Fsp3) is 0.500. The van der Waals surface area contributed by atoms with Crippen molar-refractivity contribution in [1.29, 1.82) is 0 Å². The Hall–Kier alpha value is -1.42. The molecule has 88 valence electrons. The van der Waals surface area contributed by atoms with Gasteiger partial charge >= 0.3 is 0 Å². The van der Waals surface area contributed by atoms with Crippen LogP contribution >= 0.6 is 0 Å². The Morgan fingerprint density at radius 3 is 2.44 bits per heavy atom. The van der Waals surface area contributed by atoms with Gasteiger partial charge < -0.3 is 10.2 Å². The van der Waals surface area contributed by atoms with E-state index in [9.17, 15) is 9.90 Å². The van der Waals surface area contributed by atoms with Gasteiger partial charge in [0.05, 0.1) is 17.9 Å². The van der Waals surface area contributed by atoms with Crippen LogP contribution in [0.4, 0.5) is 0 Å². The van der Waals surface area contributed by atoms with Gasteiger partial charge in [0.1, 0.15) is 5.75 Å². The molecule has 4 heteroatoms. The highest BCUT2D eigenvalue weighted by atomic mass is 16.3. The maximum Gasteiger partial charge on any atom is 0.172 e. The van der Waals surface area contributed by atoms with E-state index in [1.54, 1.807) is 27.7 Å². The second-order valence-corrected chi connectivity index (χ2v) is 4.83. The molecule has 1 rings (SSSR count). The van der Waals surface area contributed by atoms with E-state index in [1.165, 1.54) is 6.20 Å². The number of rotatable bonds is 2. The van der Waals surface area contributed by atoms with Crippen LogP contribution in [0.3, 0.4) is 0 Å². The number of Topliss-reactive ketones (excluding diaryl/α,β-unsaturated/α-hetero) is 1. The first kappa shape index (κ1) is 12.6. The fourth-order valence-electron chi connectivity index (χ4n) is 1.38. The molecule has 1 aromatic rings. The molecule has 0 spiro atoms. The molecule has 0 saturated carbocycles. The smallest absolute Gasteiger partial charge is 0.172 e. The van der Waals surface area contributed by atoms with Crippen molar-refractivity contribution in [3.8, 4) is 5.75 Å². The minimum Gasteiger partial charge on any atom is -0.505 e. The van der Waals surface area contributed by atoms with Crippen molar-refractivity contribution in [1.82, 2.24) is 4.98 Å². The molecule has 0 aliphatic heterocycles. The number of hydrogen-bond acceptors (Lipinski definition) is 4. The van der Waals surface area contributed by atoms with E-state index in [-0.39, 0.29) is 23.7 Å². The van der Waals surface area contributed by atoms with Gasteiger partial charge in [0, 0.05) is 17.2 Å². The number of aliphatic hydroxyl groups is 1. The molecular weight excluding hydrogens is 206 g/mol. The predicted octanol–water partition coefficient (Wildman–Crippen LogP) is 1.82. The Balaban J connectivity index is 3.42. The molecule has 0 saturated heterocycles. The Bertz CT molecular complexity index is 419. The standard InChI is InChI=1S/C12H17NO3/c1-7-10(15)9(8(6-14)5-13-7)11(16)12(2,3)4/h5,14-15H,6H2,1-4H3. The predicted molar refractivity (Wildman–Crippen MR) is 60.3 cm³/mol. The number of hydrogen-bond donors (Lipinski definition) is 2. The summed E-state index contributed by atoms with van der Waals surface area (Å²) in [5.41, 5.74) is 0.338. The molecule has 0 amide bonds. The van der Waals surface area contributed by atoms with E-state index in [2.05, 4.69) is 4.98 Å². The lowest BCUT2D eigenvalue weighted by Gasteiger charge is -2.19. The number of pyridine rings is 1. The summed E-state index contributed by atoms with van der Waals surface area (Å²) in [6.45, 7) is 6.62. The van der Waals surface area contributed by atoms with Crippen LogP contribution in [0.25, 0.3) is 0 Å². The van der Waals surface area contributed by atoms with E-state index in [0.717, 1.165) is 0 Å². The van der Waals surface area contributed by atoms with Gasteiger partial charge in [-0.3, -0.25) is 9.78 Å². The molecule has 16 heavy (non-hydrogen) atoms. The molecule has 0 bridgehead atoms. The van der Waals surface area contributed by atoms with Gasteiger partial charge in [-0.1, -0.05) is 20.8 Å². The zero-order valence-corrected chi connectivity index (χ0v) is 10.0. The van der Waals surface area contributed by atoms with Crippen molar-refractivity contribution in [2.75, 3.05) is 0 Å². The third kappa shape index (κ3) is 2.22. The van der Waals surface area contributed by atoms with Gasteiger partial charge in [0.25, 0.3) is 0 Å². The fourth-order valence-corrected chi connectivity index (χ4v) is 1.38. The minimum absolute atomic E-state index is 0.133. The molecule has 0 fully saturated rings. The van der Waals surface area contributed by atoms with E-state index in [4.69, 9.17) is 5.11 Å². The lowest BCUT2D eigenvalue weighted by molar-refractivity contribution is 0.0851. The van der Waals surface area contributed by atoms with Crippen molar-refractivity contribution >= 4 is 5.78 Å². The molecule has 0 unspecified atom stereocenters. The summed E-state index contributed by atoms with van der Waals surface area (Å²) in [6, 6.07) is 0. The van der Waals surface area contributed by atoms with Crippen LogP contribution in [-0.2, 0) is 6.61 Å². The van der Waals surface area contributed by atoms with E-state index >= 15 is 0 Å². The number of aromatic hydroxyl groups is 1. The second-order valence-electron chi connectivity index (χ2n) is 4.83. The lowest BCUT2D eigenvalue weighted by atomic mass is 9.84. The average Bonchev–Trinajstić information content (AvgIpc) is 2.19. The molecular formula is C12H17NO3. The summed E-state index contributed by atoms with van der Waals surface area (Å²) in [5.74, 6) is -0.328. The van der Waals surface area contributed by atoms with Crippen LogP contribution in [0.5, 0.6) is 5.75 Å². The summed E-state index contributed by atoms with van der Waals surface area (Å²) in [4.78, 5) is 16.0. The molecule has 1 aromatic heterocycles. The molecule has 1 heterocycles. The maximum atomic E-state index is 12.1. The first-order valence-electron chi connectivity index (χ1n) is 5.12. The van der Waals surface area contributed by atoms with Gasteiger partial charge in [-0.2, -0.15) is 0 Å². The second kappa shape index (κ2) is 4.22. The van der Waals surface area contributed by atoms with Crippen LogP contribution in [0, 0.1) is 12.3 Å². The van der Waals surface area contributed by atoms with Gasteiger partial charge in [0.15, 0.2) is 5.78 Å². The first-order valence-corrected chi connectivity index (χ1v) is 5.12. The summed E-state index contributed by atoms with van der Waals surface area (Å²) in [7, 11) is 0. The monoisotopic (exact) mass is 223 g/mol. The number of ketones is 1. The van der Waals surface area contributed by atoms with E-state index in [1.807, 2.05) is 0 Å². The lowest BCUT2D eigenvalue weighted by Crippen LogP contribution is -2.22. The van der Waals surface area contributed by atoms with Gasteiger partial charge in [-0.05, 0) is 6.92 Å². The Kier molecular flexibility index (Phi) is 3.33. The van der Waals surface area contributed by atoms with E-state index in [0.29, 0.717) is 11.3 Å². The number of carbonyl (C=O) groups is 1. The number of nitrogens with zero attached hydrogens (tertiary/aromatic N) is 1. The molecule has 2 N–H and O–H groups in total. The first-order chi connectivity index (χ1) is 7.29. The maximum absolute atomic E-state index is 12.1. The quantitative estimate of drug-likeness (QED) is 0.750. The third-order valence-corrected chi connectivity index (χ3v) is 2.39. The number of aliphatic hydroxyl groups excluding tert-OH is 1. The van der Waals surface area contributed by atoms with Crippen LogP contribution in [0.1, 0.15) is 42.4 Å². The molecule has 0 aliphatic rings. The molecule has 4 nitrogen and oxygen atoms in total. The summed E-state index contributed by atoms with van der Waals surface area (Å²) in [5, 5.41) is 19.0. The summed E-state index contributed by atoms with van der Waals surface area (Å²) in [6.07, 6.45) is 1.42. The van der Waals surface area contributed by atoms with Crippen molar-refractivity contribution in [2.45, 2.75) is 34.3 Å². The highest BCUT2D eigenvalue weighted by Crippen LogP contribution is 2.30. The average molecular weight is 223 g/mol. The van der Waals surface area contributed by atoms with Crippen LogP contribution in [-0.4, -0.2) is 21.0 Å². The van der Waals surface area contributed by atoms with Gasteiger partial charge in [0.2, 0.25) is 0 Å². The SMILES string of the molecule is Cc1ncc(CO)c(C(=O)C(C)(C)C)c1O. The molecule has 0 aromatic carbocycles. The van der Waals surface area contributed by atoms with Gasteiger partial charge in [-0.25, -0.2) is 0 Å². The van der Waals surface area contributed by atoms with Gasteiger partial charge in [-0.15, -0.1) is 0 Å². The number of aromatic nitrogens is 1. The van der Waals surface area contributed by atoms with Crippen LogP contribution in [0.2, 0.25) is 0 Å². The molecule has 0 aliphatic carbocycles. The summed E-state index contributed by atoms with van der Waals surface area (Å²) >= 11 is 0. The van der Waals surface area contributed by atoms with Crippen molar-refractivity contribution in [2.24, 2.45) is 5.41 Å². The summed E-state index contributed by atoms with van der Waals surface area (Å²) < 4.78 is 0. The van der Waals surface area contributed by atoms with E-state index < -0.39 is 5.41 Å². The minimum atomic E-state index is -0.602. The zero-order chi connectivity index (χ0) is 12.5. The van der Waals surface area contributed by atoms with Crippen LogP contribution in [0.15, 0.2) is 6.20 Å². The Labute approximate surface area is 95.0 Å². The molecule has 0 atom stereocenters. The number of carbonyl (C=O) groups excluding carboxylic acids is 1. The third-order valence-electron chi connectivity index (χ3n) is 2.39. The highest BCUT2D eigenvalue weighted by molar-refractivity contribution is 6.03.